The van der Waals surface area contributed by atoms with Gasteiger partial charge in [0.2, 0.25) is 0 Å². The predicted octanol–water partition coefficient (Wildman–Crippen LogP) is 1.02. The minimum absolute atomic E-state index is 0.253. The van der Waals surface area contributed by atoms with Gasteiger partial charge in [-0.25, -0.2) is 0 Å². The molecule has 0 aliphatic rings. The molecule has 7 nitrogen and oxygen atoms in total. The van der Waals surface area contributed by atoms with Gasteiger partial charge in [0.05, 0.1) is 11.9 Å². The van der Waals surface area contributed by atoms with E-state index in [2.05, 4.69) is 20.6 Å². The van der Waals surface area contributed by atoms with Crippen molar-refractivity contribution in [2.75, 3.05) is 11.1 Å². The highest BCUT2D eigenvalue weighted by atomic mass is 16.1. The molecule has 0 atom stereocenters. The quantitative estimate of drug-likeness (QED) is 0.737. The first-order chi connectivity index (χ1) is 8.06. The zero-order chi connectivity index (χ0) is 12.4. The summed E-state index contributed by atoms with van der Waals surface area (Å²) >= 11 is 0. The fourth-order valence-electron chi connectivity index (χ4n) is 1.34. The number of nitrogens with zero attached hydrogens (tertiary/aromatic N) is 3. The summed E-state index contributed by atoms with van der Waals surface area (Å²) in [6, 6.07) is 1.73. The third-order valence-electron chi connectivity index (χ3n) is 2.23. The van der Waals surface area contributed by atoms with Gasteiger partial charge in [-0.3, -0.25) is 14.6 Å². The number of H-pyrrole nitrogens is 1. The third kappa shape index (κ3) is 2.44. The van der Waals surface area contributed by atoms with Crippen molar-refractivity contribution in [3.05, 3.63) is 24.2 Å². The summed E-state index contributed by atoms with van der Waals surface area (Å²) < 4.78 is 1.76. The van der Waals surface area contributed by atoms with Crippen molar-refractivity contribution in [2.24, 2.45) is 0 Å². The third-order valence-corrected chi connectivity index (χ3v) is 2.23. The highest BCUT2D eigenvalue weighted by Gasteiger charge is 2.10. The summed E-state index contributed by atoms with van der Waals surface area (Å²) in [6.07, 6.45) is 3.36. The first-order valence-corrected chi connectivity index (χ1v) is 5.22. The van der Waals surface area contributed by atoms with Crippen molar-refractivity contribution in [2.45, 2.75) is 19.9 Å². The lowest BCUT2D eigenvalue weighted by Crippen LogP contribution is -2.12. The van der Waals surface area contributed by atoms with E-state index in [4.69, 9.17) is 5.73 Å². The van der Waals surface area contributed by atoms with Crippen LogP contribution in [0, 0.1) is 0 Å². The van der Waals surface area contributed by atoms with Crippen LogP contribution < -0.4 is 11.1 Å². The summed E-state index contributed by atoms with van der Waals surface area (Å²) in [5.41, 5.74) is 6.37. The first kappa shape index (κ1) is 11.2. The second-order valence-corrected chi connectivity index (χ2v) is 3.96. The van der Waals surface area contributed by atoms with Gasteiger partial charge < -0.3 is 11.1 Å². The molecule has 0 saturated carbocycles. The molecule has 0 unspecified atom stereocenters. The summed E-state index contributed by atoms with van der Waals surface area (Å²) in [7, 11) is 0. The number of hydrogen-bond donors (Lipinski definition) is 3. The smallest absolute Gasteiger partial charge is 0.273 e. The molecule has 17 heavy (non-hydrogen) atoms. The molecule has 90 valence electrons. The molecule has 2 heterocycles. The Morgan fingerprint density at radius 3 is 2.88 bits per heavy atom. The summed E-state index contributed by atoms with van der Waals surface area (Å²) in [5, 5.41) is 13.0. The van der Waals surface area contributed by atoms with Crippen molar-refractivity contribution in [1.29, 1.82) is 0 Å². The van der Waals surface area contributed by atoms with E-state index < -0.39 is 0 Å². The van der Waals surface area contributed by atoms with E-state index in [-0.39, 0.29) is 17.8 Å². The maximum atomic E-state index is 11.7. The van der Waals surface area contributed by atoms with Crippen LogP contribution >= 0.6 is 0 Å². The second-order valence-electron chi connectivity index (χ2n) is 3.96. The van der Waals surface area contributed by atoms with E-state index in [9.17, 15) is 4.79 Å². The number of carbonyl (C=O) groups excluding carboxylic acids is 1. The number of aromatic nitrogens is 4. The number of carbonyl (C=O) groups is 1. The van der Waals surface area contributed by atoms with E-state index in [1.807, 2.05) is 13.8 Å². The van der Waals surface area contributed by atoms with E-state index in [0.717, 1.165) is 0 Å². The molecule has 2 aromatic rings. The average Bonchev–Trinajstić information content (AvgIpc) is 2.86. The van der Waals surface area contributed by atoms with Gasteiger partial charge in [0, 0.05) is 18.3 Å². The molecule has 1 amide bonds. The molecule has 0 radical (unpaired) electrons. The zero-order valence-electron chi connectivity index (χ0n) is 9.64. The molecular formula is C10H14N6O. The zero-order valence-corrected chi connectivity index (χ0v) is 9.64. The van der Waals surface area contributed by atoms with Crippen molar-refractivity contribution in [1.82, 2.24) is 20.0 Å². The lowest BCUT2D eigenvalue weighted by Gasteiger charge is -2.03. The molecule has 0 bridgehead atoms. The van der Waals surface area contributed by atoms with Crippen molar-refractivity contribution < 1.29 is 4.79 Å². The molecule has 0 aromatic carbocycles. The Morgan fingerprint density at radius 1 is 1.59 bits per heavy atom. The van der Waals surface area contributed by atoms with Gasteiger partial charge in [0.15, 0.2) is 0 Å². The molecule has 0 fully saturated rings. The summed E-state index contributed by atoms with van der Waals surface area (Å²) in [4.78, 5) is 11.7. The van der Waals surface area contributed by atoms with Gasteiger partial charge in [-0.15, -0.1) is 0 Å². The minimum atomic E-state index is -0.294. The number of rotatable bonds is 3. The fraction of sp³-hybridized carbons (Fsp3) is 0.300. The normalized spacial score (nSPS) is 10.8. The fourth-order valence-corrected chi connectivity index (χ4v) is 1.34. The molecule has 0 spiro atoms. The molecule has 0 aliphatic carbocycles. The average molecular weight is 234 g/mol. The largest absolute Gasteiger partial charge is 0.382 e. The van der Waals surface area contributed by atoms with Crippen molar-refractivity contribution >= 4 is 17.4 Å². The lowest BCUT2D eigenvalue weighted by molar-refractivity contribution is 0.102. The van der Waals surface area contributed by atoms with Gasteiger partial charge in [-0.1, -0.05) is 0 Å². The van der Waals surface area contributed by atoms with Crippen molar-refractivity contribution in [3.63, 3.8) is 0 Å². The van der Waals surface area contributed by atoms with Crippen LogP contribution in [-0.2, 0) is 0 Å². The Kier molecular flexibility index (Phi) is 2.82. The number of nitrogens with one attached hydrogen (secondary N) is 2. The monoisotopic (exact) mass is 234 g/mol. The minimum Gasteiger partial charge on any atom is -0.382 e. The molecular weight excluding hydrogens is 220 g/mol. The Hall–Kier alpha value is -2.31. The van der Waals surface area contributed by atoms with Gasteiger partial charge in [0.25, 0.3) is 5.91 Å². The maximum Gasteiger partial charge on any atom is 0.273 e. The van der Waals surface area contributed by atoms with Crippen LogP contribution in [0.4, 0.5) is 11.5 Å². The number of aromatic amines is 1. The van der Waals surface area contributed by atoms with Crippen LogP contribution in [0.25, 0.3) is 0 Å². The molecule has 2 rings (SSSR count). The van der Waals surface area contributed by atoms with E-state index >= 15 is 0 Å². The van der Waals surface area contributed by atoms with Gasteiger partial charge in [-0.2, -0.15) is 10.2 Å². The van der Waals surface area contributed by atoms with Gasteiger partial charge >= 0.3 is 0 Å². The van der Waals surface area contributed by atoms with Crippen molar-refractivity contribution in [3.8, 4) is 0 Å². The number of anilines is 2. The van der Waals surface area contributed by atoms with Crippen LogP contribution in [0.1, 0.15) is 30.4 Å². The first-order valence-electron chi connectivity index (χ1n) is 5.22. The molecule has 4 N–H and O–H groups in total. The Balaban J connectivity index is 2.07. The van der Waals surface area contributed by atoms with Gasteiger partial charge in [-0.05, 0) is 13.8 Å². The maximum absolute atomic E-state index is 11.7. The van der Waals surface area contributed by atoms with E-state index in [1.165, 1.54) is 6.07 Å². The number of nitrogens with two attached hydrogens (primary N) is 1. The Labute approximate surface area is 98.0 Å². The number of amides is 1. The highest BCUT2D eigenvalue weighted by Crippen LogP contribution is 2.11. The number of nitrogen functional groups attached to an aromatic ring is 1. The molecule has 0 aliphatic heterocycles. The number of hydrogen-bond acceptors (Lipinski definition) is 4. The molecule has 7 heteroatoms. The molecule has 0 saturated heterocycles. The second kappa shape index (κ2) is 4.28. The lowest BCUT2D eigenvalue weighted by atomic mass is 10.4. The van der Waals surface area contributed by atoms with Crippen LogP contribution in [0.5, 0.6) is 0 Å². The Bertz CT molecular complexity index is 526. The predicted molar refractivity (Wildman–Crippen MR) is 63.6 cm³/mol. The summed E-state index contributed by atoms with van der Waals surface area (Å²) in [6.45, 7) is 4.02. The van der Waals surface area contributed by atoms with Crippen LogP contribution in [0.2, 0.25) is 0 Å². The summed E-state index contributed by atoms with van der Waals surface area (Å²) in [5.74, 6) is -0.00877. The van der Waals surface area contributed by atoms with Crippen LogP contribution in [0.15, 0.2) is 18.5 Å². The Morgan fingerprint density at radius 2 is 2.35 bits per heavy atom. The standard InChI is InChI=1S/C10H14N6O/c1-6(2)16-5-7(4-12-16)13-10(17)8-3-9(11)15-14-8/h3-6H,1-2H3,(H,13,17)(H3,11,14,15). The topological polar surface area (TPSA) is 102 Å². The molecule has 2 aromatic heterocycles. The van der Waals surface area contributed by atoms with E-state index in [0.29, 0.717) is 11.4 Å². The highest BCUT2D eigenvalue weighted by molar-refractivity contribution is 6.03. The van der Waals surface area contributed by atoms with E-state index in [1.54, 1.807) is 17.1 Å². The van der Waals surface area contributed by atoms with Crippen LogP contribution in [0.3, 0.4) is 0 Å². The van der Waals surface area contributed by atoms with Crippen LogP contribution in [-0.4, -0.2) is 25.9 Å². The van der Waals surface area contributed by atoms with Gasteiger partial charge in [0.1, 0.15) is 11.5 Å². The SMILES string of the molecule is CC(C)n1cc(NC(=O)c2cc(N)n[nH]2)cn1.